The molecule has 19 heavy (non-hydrogen) atoms. The first-order chi connectivity index (χ1) is 9.24. The van der Waals surface area contributed by atoms with Crippen LogP contribution < -0.4 is 4.74 Å². The highest BCUT2D eigenvalue weighted by molar-refractivity contribution is 7.98. The van der Waals surface area contributed by atoms with E-state index in [9.17, 15) is 4.79 Å². The summed E-state index contributed by atoms with van der Waals surface area (Å²) < 4.78 is 5.35. The van der Waals surface area contributed by atoms with Gasteiger partial charge in [0, 0.05) is 22.2 Å². The minimum Gasteiger partial charge on any atom is -0.492 e. The van der Waals surface area contributed by atoms with Gasteiger partial charge in [-0.3, -0.25) is 9.78 Å². The summed E-state index contributed by atoms with van der Waals surface area (Å²) >= 11 is 1.65. The first kappa shape index (κ1) is 13.6. The quantitative estimate of drug-likeness (QED) is 0.618. The highest BCUT2D eigenvalue weighted by atomic mass is 32.2. The van der Waals surface area contributed by atoms with E-state index in [0.717, 1.165) is 4.90 Å². The van der Waals surface area contributed by atoms with Gasteiger partial charge in [-0.1, -0.05) is 0 Å². The zero-order chi connectivity index (χ0) is 13.7. The van der Waals surface area contributed by atoms with Crippen LogP contribution in [-0.4, -0.2) is 23.6 Å². The fourth-order valence-corrected chi connectivity index (χ4v) is 2.11. The van der Waals surface area contributed by atoms with E-state index < -0.39 is 0 Å². The van der Waals surface area contributed by atoms with E-state index in [4.69, 9.17) is 4.74 Å². The van der Waals surface area contributed by atoms with E-state index in [1.165, 1.54) is 0 Å². The molecule has 2 rings (SSSR count). The zero-order valence-corrected chi connectivity index (χ0v) is 11.7. The number of carbonyl (C=O) groups excluding carboxylic acids is 1. The summed E-state index contributed by atoms with van der Waals surface area (Å²) in [4.78, 5) is 17.5. The second-order valence-electron chi connectivity index (χ2n) is 3.90. The second kappa shape index (κ2) is 6.38. The van der Waals surface area contributed by atoms with Gasteiger partial charge in [0.15, 0.2) is 5.78 Å². The minimum absolute atomic E-state index is 0.0401. The van der Waals surface area contributed by atoms with Gasteiger partial charge in [0.05, 0.1) is 12.8 Å². The molecule has 0 unspecified atom stereocenters. The first-order valence-electron chi connectivity index (χ1n) is 6.01. The van der Waals surface area contributed by atoms with E-state index in [2.05, 4.69) is 4.98 Å². The van der Waals surface area contributed by atoms with Gasteiger partial charge < -0.3 is 4.74 Å². The number of hydrogen-bond acceptors (Lipinski definition) is 4. The van der Waals surface area contributed by atoms with Crippen LogP contribution in [0.15, 0.2) is 47.6 Å². The molecule has 0 aliphatic heterocycles. The predicted molar refractivity (Wildman–Crippen MR) is 77.1 cm³/mol. The molecule has 0 spiro atoms. The summed E-state index contributed by atoms with van der Waals surface area (Å²) in [6, 6.07) is 9.28. The van der Waals surface area contributed by atoms with Crippen LogP contribution in [0.25, 0.3) is 0 Å². The number of hydrogen-bond donors (Lipinski definition) is 0. The normalized spacial score (nSPS) is 10.2. The number of ketones is 1. The van der Waals surface area contributed by atoms with Crippen LogP contribution in [0.3, 0.4) is 0 Å². The molecule has 98 valence electrons. The van der Waals surface area contributed by atoms with E-state index in [0.29, 0.717) is 23.5 Å². The molecule has 1 heterocycles. The lowest BCUT2D eigenvalue weighted by Gasteiger charge is -2.05. The topological polar surface area (TPSA) is 39.2 Å². The maximum Gasteiger partial charge on any atom is 0.194 e. The fraction of sp³-hybridized carbons (Fsp3) is 0.200. The van der Waals surface area contributed by atoms with Gasteiger partial charge >= 0.3 is 0 Å². The van der Waals surface area contributed by atoms with Crippen LogP contribution in [0, 0.1) is 0 Å². The Morgan fingerprint density at radius 2 is 1.95 bits per heavy atom. The number of thioether (sulfide) groups is 1. The lowest BCUT2D eigenvalue weighted by molar-refractivity contribution is 0.103. The number of nitrogens with zero attached hydrogens (tertiary/aromatic N) is 1. The average Bonchev–Trinajstić information content (AvgIpc) is 2.47. The van der Waals surface area contributed by atoms with Crippen molar-refractivity contribution in [1.29, 1.82) is 0 Å². The molecule has 1 aromatic carbocycles. The third-order valence-electron chi connectivity index (χ3n) is 2.64. The lowest BCUT2D eigenvalue weighted by atomic mass is 10.1. The molecule has 0 fully saturated rings. The van der Waals surface area contributed by atoms with Gasteiger partial charge in [0.25, 0.3) is 0 Å². The maximum atomic E-state index is 12.3. The summed E-state index contributed by atoms with van der Waals surface area (Å²) in [6.07, 6.45) is 5.18. The molecule has 0 saturated carbocycles. The Labute approximate surface area is 117 Å². The number of benzene rings is 1. The third-order valence-corrected chi connectivity index (χ3v) is 3.38. The molecule has 0 N–H and O–H groups in total. The van der Waals surface area contributed by atoms with E-state index in [1.807, 2.05) is 37.4 Å². The molecular weight excluding hydrogens is 258 g/mol. The van der Waals surface area contributed by atoms with Crippen molar-refractivity contribution in [2.45, 2.75) is 11.8 Å². The Balaban J connectivity index is 2.24. The molecule has 0 bridgehead atoms. The molecule has 2 aromatic rings. The van der Waals surface area contributed by atoms with Crippen molar-refractivity contribution in [3.8, 4) is 5.75 Å². The predicted octanol–water partition coefficient (Wildman–Crippen LogP) is 3.43. The van der Waals surface area contributed by atoms with Gasteiger partial charge in [-0.05, 0) is 43.5 Å². The van der Waals surface area contributed by atoms with Crippen LogP contribution in [0.4, 0.5) is 0 Å². The smallest absolute Gasteiger partial charge is 0.194 e. The van der Waals surface area contributed by atoms with Crippen LogP contribution in [0.2, 0.25) is 0 Å². The van der Waals surface area contributed by atoms with Crippen molar-refractivity contribution in [2.24, 2.45) is 0 Å². The van der Waals surface area contributed by atoms with Crippen molar-refractivity contribution in [3.05, 3.63) is 53.9 Å². The molecule has 0 atom stereocenters. The summed E-state index contributed by atoms with van der Waals surface area (Å²) in [5.74, 6) is 0.579. The maximum absolute atomic E-state index is 12.3. The van der Waals surface area contributed by atoms with Crippen LogP contribution >= 0.6 is 11.8 Å². The minimum atomic E-state index is -0.0401. The van der Waals surface area contributed by atoms with Crippen molar-refractivity contribution in [1.82, 2.24) is 4.98 Å². The van der Waals surface area contributed by atoms with Gasteiger partial charge in [0.1, 0.15) is 5.75 Å². The standard InChI is InChI=1S/C15H15NO2S/c1-3-18-13-8-12(9-16-10-13)15(17)11-4-6-14(19-2)7-5-11/h4-10H,3H2,1-2H3. The Bertz CT molecular complexity index is 567. The van der Waals surface area contributed by atoms with Gasteiger partial charge in [-0.25, -0.2) is 0 Å². The second-order valence-corrected chi connectivity index (χ2v) is 4.78. The molecular formula is C15H15NO2S. The monoisotopic (exact) mass is 273 g/mol. The van der Waals surface area contributed by atoms with Crippen molar-refractivity contribution < 1.29 is 9.53 Å². The van der Waals surface area contributed by atoms with Crippen LogP contribution in [-0.2, 0) is 0 Å². The average molecular weight is 273 g/mol. The van der Waals surface area contributed by atoms with E-state index in [-0.39, 0.29) is 5.78 Å². The Morgan fingerprint density at radius 1 is 1.21 bits per heavy atom. The highest BCUT2D eigenvalue weighted by Crippen LogP contribution is 2.18. The SMILES string of the molecule is CCOc1cncc(C(=O)c2ccc(SC)cc2)c1. The summed E-state index contributed by atoms with van der Waals surface area (Å²) in [7, 11) is 0. The number of ether oxygens (including phenoxy) is 1. The number of pyridine rings is 1. The fourth-order valence-electron chi connectivity index (χ4n) is 1.70. The van der Waals surface area contributed by atoms with Crippen LogP contribution in [0.5, 0.6) is 5.75 Å². The van der Waals surface area contributed by atoms with Crippen LogP contribution in [0.1, 0.15) is 22.8 Å². The molecule has 1 aromatic heterocycles. The van der Waals surface area contributed by atoms with E-state index >= 15 is 0 Å². The largest absolute Gasteiger partial charge is 0.492 e. The van der Waals surface area contributed by atoms with Gasteiger partial charge in [0.2, 0.25) is 0 Å². The van der Waals surface area contributed by atoms with Gasteiger partial charge in [-0.2, -0.15) is 0 Å². The molecule has 0 radical (unpaired) electrons. The van der Waals surface area contributed by atoms with Gasteiger partial charge in [-0.15, -0.1) is 11.8 Å². The van der Waals surface area contributed by atoms with Crippen molar-refractivity contribution >= 4 is 17.5 Å². The van der Waals surface area contributed by atoms with Crippen molar-refractivity contribution in [3.63, 3.8) is 0 Å². The third kappa shape index (κ3) is 3.35. The molecule has 0 aliphatic rings. The first-order valence-corrected chi connectivity index (χ1v) is 7.23. The number of carbonyl (C=O) groups is 1. The zero-order valence-electron chi connectivity index (χ0n) is 10.9. The summed E-state index contributed by atoms with van der Waals surface area (Å²) in [6.45, 7) is 2.46. The molecule has 0 amide bonds. The molecule has 4 heteroatoms. The Kier molecular flexibility index (Phi) is 4.58. The van der Waals surface area contributed by atoms with Crippen molar-refractivity contribution in [2.75, 3.05) is 12.9 Å². The summed E-state index contributed by atoms with van der Waals surface area (Å²) in [5, 5.41) is 0. The lowest BCUT2D eigenvalue weighted by Crippen LogP contribution is -2.03. The highest BCUT2D eigenvalue weighted by Gasteiger charge is 2.10. The number of aromatic nitrogens is 1. The van der Waals surface area contributed by atoms with E-state index in [1.54, 1.807) is 30.2 Å². The molecule has 0 aliphatic carbocycles. The molecule has 0 saturated heterocycles. The number of rotatable bonds is 5. The Hall–Kier alpha value is -1.81. The molecule has 3 nitrogen and oxygen atoms in total. The summed E-state index contributed by atoms with van der Waals surface area (Å²) in [5.41, 5.74) is 1.20. The Morgan fingerprint density at radius 3 is 2.58 bits per heavy atom.